The molecule has 0 saturated carbocycles. The lowest BCUT2D eigenvalue weighted by molar-refractivity contribution is 0.321. The van der Waals surface area contributed by atoms with Crippen molar-refractivity contribution in [1.29, 1.82) is 0 Å². The van der Waals surface area contributed by atoms with E-state index in [1.807, 2.05) is 18.2 Å². The fraction of sp³-hybridized carbons (Fsp3) is 0.250. The third kappa shape index (κ3) is 3.63. The zero-order chi connectivity index (χ0) is 11.9. The maximum Gasteiger partial charge on any atom is 0.119 e. The van der Waals surface area contributed by atoms with E-state index >= 15 is 0 Å². The minimum Gasteiger partial charge on any atom is -0.493 e. The lowest BCUT2D eigenvalue weighted by atomic mass is 10.1. The van der Waals surface area contributed by atoms with Gasteiger partial charge in [-0.1, -0.05) is 43.3 Å². The number of hydrogen-bond donors (Lipinski definition) is 0. The Labute approximate surface area is 103 Å². The second kappa shape index (κ2) is 6.09. The van der Waals surface area contributed by atoms with Crippen molar-refractivity contribution in [3.63, 3.8) is 0 Å². The van der Waals surface area contributed by atoms with Gasteiger partial charge in [-0.05, 0) is 35.7 Å². The normalized spacial score (nSPS) is 10.2. The topological polar surface area (TPSA) is 9.23 Å². The molecule has 87 valence electrons. The van der Waals surface area contributed by atoms with Crippen molar-refractivity contribution in [3.8, 4) is 5.75 Å². The van der Waals surface area contributed by atoms with E-state index in [0.29, 0.717) is 0 Å². The highest BCUT2D eigenvalue weighted by Crippen LogP contribution is 2.13. The van der Waals surface area contributed by atoms with Crippen LogP contribution in [0.5, 0.6) is 5.75 Å². The molecule has 0 bridgehead atoms. The molecule has 17 heavy (non-hydrogen) atoms. The van der Waals surface area contributed by atoms with Gasteiger partial charge in [-0.2, -0.15) is 0 Å². The van der Waals surface area contributed by atoms with E-state index in [-0.39, 0.29) is 0 Å². The summed E-state index contributed by atoms with van der Waals surface area (Å²) >= 11 is 0. The highest BCUT2D eigenvalue weighted by atomic mass is 16.5. The molecular formula is C16H17O. The van der Waals surface area contributed by atoms with Crippen LogP contribution in [0.25, 0.3) is 0 Å². The second-order valence-electron chi connectivity index (χ2n) is 3.99. The van der Waals surface area contributed by atoms with Crippen LogP contribution in [-0.2, 0) is 12.8 Å². The average Bonchev–Trinajstić information content (AvgIpc) is 2.40. The molecule has 2 rings (SSSR count). The SMILES string of the molecule is CCc1[c]ccc(OCCc2ccccc2)c1. The third-order valence-electron chi connectivity index (χ3n) is 2.72. The Balaban J connectivity index is 1.86. The molecule has 1 radical (unpaired) electrons. The monoisotopic (exact) mass is 225 g/mol. The van der Waals surface area contributed by atoms with Gasteiger partial charge < -0.3 is 4.74 Å². The fourth-order valence-electron chi connectivity index (χ4n) is 1.72. The first kappa shape index (κ1) is 11.7. The van der Waals surface area contributed by atoms with Crippen LogP contribution in [0.1, 0.15) is 18.1 Å². The molecule has 0 unspecified atom stereocenters. The summed E-state index contributed by atoms with van der Waals surface area (Å²) in [6.07, 6.45) is 1.94. The summed E-state index contributed by atoms with van der Waals surface area (Å²) in [6.45, 7) is 2.84. The molecule has 0 heterocycles. The number of hydrogen-bond acceptors (Lipinski definition) is 1. The first-order valence-electron chi connectivity index (χ1n) is 6.06. The minimum atomic E-state index is 0.719. The maximum atomic E-state index is 5.73. The number of ether oxygens (including phenoxy) is 1. The van der Waals surface area contributed by atoms with Gasteiger partial charge in [-0.15, -0.1) is 0 Å². The molecule has 2 aromatic carbocycles. The largest absolute Gasteiger partial charge is 0.493 e. The predicted molar refractivity (Wildman–Crippen MR) is 70.3 cm³/mol. The van der Waals surface area contributed by atoms with Gasteiger partial charge >= 0.3 is 0 Å². The van der Waals surface area contributed by atoms with Crippen molar-refractivity contribution in [2.75, 3.05) is 6.61 Å². The van der Waals surface area contributed by atoms with Crippen molar-refractivity contribution in [1.82, 2.24) is 0 Å². The van der Waals surface area contributed by atoms with Crippen LogP contribution in [-0.4, -0.2) is 6.61 Å². The molecule has 1 heteroatoms. The first-order chi connectivity index (χ1) is 8.38. The van der Waals surface area contributed by atoms with E-state index in [0.717, 1.165) is 25.2 Å². The van der Waals surface area contributed by atoms with Crippen molar-refractivity contribution < 1.29 is 4.74 Å². The first-order valence-corrected chi connectivity index (χ1v) is 6.06. The Morgan fingerprint density at radius 2 is 1.94 bits per heavy atom. The van der Waals surface area contributed by atoms with E-state index in [2.05, 4.69) is 43.3 Å². The van der Waals surface area contributed by atoms with E-state index in [1.165, 1.54) is 11.1 Å². The summed E-state index contributed by atoms with van der Waals surface area (Å²) in [5.74, 6) is 0.941. The second-order valence-corrected chi connectivity index (χ2v) is 3.99. The number of aryl methyl sites for hydroxylation is 1. The van der Waals surface area contributed by atoms with Crippen molar-refractivity contribution in [2.24, 2.45) is 0 Å². The molecule has 0 aliphatic heterocycles. The van der Waals surface area contributed by atoms with Gasteiger partial charge in [0, 0.05) is 6.42 Å². The molecule has 0 N–H and O–H groups in total. The molecule has 0 aromatic heterocycles. The molecule has 0 saturated heterocycles. The average molecular weight is 225 g/mol. The number of rotatable bonds is 5. The Kier molecular flexibility index (Phi) is 4.20. The van der Waals surface area contributed by atoms with Gasteiger partial charge in [-0.25, -0.2) is 0 Å². The molecule has 0 fully saturated rings. The molecule has 0 amide bonds. The van der Waals surface area contributed by atoms with Crippen LogP contribution >= 0.6 is 0 Å². The Bertz CT molecular complexity index is 448. The summed E-state index contributed by atoms with van der Waals surface area (Å²) in [5, 5.41) is 0. The molecule has 2 aromatic rings. The van der Waals surface area contributed by atoms with Gasteiger partial charge in [0.2, 0.25) is 0 Å². The maximum absolute atomic E-state index is 5.73. The van der Waals surface area contributed by atoms with E-state index in [1.54, 1.807) is 0 Å². The zero-order valence-electron chi connectivity index (χ0n) is 10.1. The van der Waals surface area contributed by atoms with Gasteiger partial charge in [0.1, 0.15) is 5.75 Å². The summed E-state index contributed by atoms with van der Waals surface area (Å²) in [4.78, 5) is 0. The van der Waals surface area contributed by atoms with Crippen molar-refractivity contribution in [2.45, 2.75) is 19.8 Å². The molecule has 0 spiro atoms. The summed E-state index contributed by atoms with van der Waals surface area (Å²) < 4.78 is 5.73. The third-order valence-corrected chi connectivity index (χ3v) is 2.72. The van der Waals surface area contributed by atoms with Crippen LogP contribution in [0.15, 0.2) is 48.5 Å². The lowest BCUT2D eigenvalue weighted by Crippen LogP contribution is -2.01. The lowest BCUT2D eigenvalue weighted by Gasteiger charge is -2.07. The fourth-order valence-corrected chi connectivity index (χ4v) is 1.72. The van der Waals surface area contributed by atoms with Gasteiger partial charge in [-0.3, -0.25) is 0 Å². The minimum absolute atomic E-state index is 0.719. The summed E-state index contributed by atoms with van der Waals surface area (Å²) in [5.41, 5.74) is 2.51. The highest BCUT2D eigenvalue weighted by Gasteiger charge is 1.96. The quantitative estimate of drug-likeness (QED) is 0.754. The number of benzene rings is 2. The van der Waals surface area contributed by atoms with Crippen LogP contribution in [0.3, 0.4) is 0 Å². The van der Waals surface area contributed by atoms with Crippen LogP contribution in [0.2, 0.25) is 0 Å². The van der Waals surface area contributed by atoms with Crippen LogP contribution < -0.4 is 4.74 Å². The molecule has 0 aliphatic carbocycles. The molecular weight excluding hydrogens is 208 g/mol. The van der Waals surface area contributed by atoms with Crippen molar-refractivity contribution >= 4 is 0 Å². The molecule has 0 aliphatic rings. The van der Waals surface area contributed by atoms with E-state index < -0.39 is 0 Å². The standard InChI is InChI=1S/C16H17O/c1-2-14-9-6-10-16(13-14)17-12-11-15-7-4-3-5-8-15/h3-8,10,13H,2,11-12H2,1H3. The van der Waals surface area contributed by atoms with E-state index in [4.69, 9.17) is 4.74 Å². The molecule has 0 atom stereocenters. The Morgan fingerprint density at radius 3 is 2.71 bits per heavy atom. The summed E-state index contributed by atoms with van der Waals surface area (Å²) in [7, 11) is 0. The van der Waals surface area contributed by atoms with Gasteiger partial charge in [0.15, 0.2) is 0 Å². The van der Waals surface area contributed by atoms with Crippen LogP contribution in [0.4, 0.5) is 0 Å². The summed E-state index contributed by atoms with van der Waals surface area (Å²) in [6, 6.07) is 19.5. The van der Waals surface area contributed by atoms with E-state index in [9.17, 15) is 0 Å². The van der Waals surface area contributed by atoms with Gasteiger partial charge in [0.05, 0.1) is 6.61 Å². The Morgan fingerprint density at radius 1 is 1.12 bits per heavy atom. The van der Waals surface area contributed by atoms with Crippen molar-refractivity contribution in [3.05, 3.63) is 65.7 Å². The molecule has 1 nitrogen and oxygen atoms in total. The highest BCUT2D eigenvalue weighted by molar-refractivity contribution is 5.27. The zero-order valence-corrected chi connectivity index (χ0v) is 10.1. The van der Waals surface area contributed by atoms with Gasteiger partial charge in [0.25, 0.3) is 0 Å². The predicted octanol–water partition coefficient (Wildman–Crippen LogP) is 3.67. The smallest absolute Gasteiger partial charge is 0.119 e. The van der Waals surface area contributed by atoms with Crippen LogP contribution in [0, 0.1) is 6.07 Å². The Hall–Kier alpha value is -1.76.